The lowest BCUT2D eigenvalue weighted by Crippen LogP contribution is -1.99. The van der Waals surface area contributed by atoms with E-state index in [9.17, 15) is 0 Å². The SMILES string of the molecule is CCn1cc(CNc2ccc(CCO)cc2)cn1. The summed E-state index contributed by atoms with van der Waals surface area (Å²) in [6.07, 6.45) is 4.65. The first-order valence-corrected chi connectivity index (χ1v) is 6.27. The molecule has 2 aromatic rings. The molecule has 0 saturated heterocycles. The lowest BCUT2D eigenvalue weighted by atomic mass is 10.1. The third kappa shape index (κ3) is 3.34. The molecule has 0 aliphatic heterocycles. The smallest absolute Gasteiger partial charge is 0.0539 e. The number of aliphatic hydroxyl groups is 1. The Hall–Kier alpha value is -1.81. The molecular formula is C14H19N3O. The molecular weight excluding hydrogens is 226 g/mol. The standard InChI is InChI=1S/C14H19N3O/c1-2-17-11-13(10-16-17)9-15-14-5-3-12(4-6-14)7-8-18/h3-6,10-11,15,18H,2,7-9H2,1H3. The van der Waals surface area contributed by atoms with Crippen molar-refractivity contribution >= 4 is 5.69 Å². The van der Waals surface area contributed by atoms with Crippen LogP contribution in [-0.4, -0.2) is 21.5 Å². The number of nitrogens with one attached hydrogen (secondary N) is 1. The maximum Gasteiger partial charge on any atom is 0.0539 e. The molecule has 1 heterocycles. The van der Waals surface area contributed by atoms with E-state index in [-0.39, 0.29) is 6.61 Å². The molecule has 1 aromatic carbocycles. The van der Waals surface area contributed by atoms with E-state index in [1.54, 1.807) is 0 Å². The highest BCUT2D eigenvalue weighted by Crippen LogP contribution is 2.11. The van der Waals surface area contributed by atoms with Gasteiger partial charge in [-0.1, -0.05) is 12.1 Å². The monoisotopic (exact) mass is 245 g/mol. The van der Waals surface area contributed by atoms with Gasteiger partial charge in [0, 0.05) is 37.1 Å². The Bertz CT molecular complexity index is 476. The van der Waals surface area contributed by atoms with Crippen molar-refractivity contribution < 1.29 is 5.11 Å². The van der Waals surface area contributed by atoms with Crippen molar-refractivity contribution in [2.45, 2.75) is 26.4 Å². The van der Waals surface area contributed by atoms with E-state index in [0.29, 0.717) is 6.42 Å². The maximum absolute atomic E-state index is 8.84. The van der Waals surface area contributed by atoms with E-state index in [1.165, 1.54) is 5.56 Å². The van der Waals surface area contributed by atoms with Gasteiger partial charge < -0.3 is 10.4 Å². The molecule has 0 bridgehead atoms. The highest BCUT2D eigenvalue weighted by Gasteiger charge is 1.98. The van der Waals surface area contributed by atoms with Gasteiger partial charge in [0.25, 0.3) is 0 Å². The van der Waals surface area contributed by atoms with Crippen LogP contribution in [0.25, 0.3) is 0 Å². The van der Waals surface area contributed by atoms with Crippen LogP contribution in [0, 0.1) is 0 Å². The number of rotatable bonds is 6. The summed E-state index contributed by atoms with van der Waals surface area (Å²) < 4.78 is 1.92. The Morgan fingerprint density at radius 2 is 2.00 bits per heavy atom. The predicted molar refractivity (Wildman–Crippen MR) is 72.5 cm³/mol. The van der Waals surface area contributed by atoms with Crippen molar-refractivity contribution in [1.82, 2.24) is 9.78 Å². The normalized spacial score (nSPS) is 10.6. The first-order chi connectivity index (χ1) is 8.81. The van der Waals surface area contributed by atoms with E-state index < -0.39 is 0 Å². The average Bonchev–Trinajstić information content (AvgIpc) is 2.86. The van der Waals surface area contributed by atoms with Crippen molar-refractivity contribution in [3.05, 3.63) is 47.8 Å². The second-order valence-electron chi connectivity index (χ2n) is 4.23. The zero-order valence-corrected chi connectivity index (χ0v) is 10.6. The topological polar surface area (TPSA) is 50.1 Å². The number of hydrogen-bond donors (Lipinski definition) is 2. The van der Waals surface area contributed by atoms with Crippen molar-refractivity contribution in [3.8, 4) is 0 Å². The lowest BCUT2D eigenvalue weighted by Gasteiger charge is -2.05. The van der Waals surface area contributed by atoms with Gasteiger partial charge in [0.05, 0.1) is 6.20 Å². The van der Waals surface area contributed by atoms with Crippen LogP contribution in [0.15, 0.2) is 36.7 Å². The van der Waals surface area contributed by atoms with Crippen LogP contribution in [0.3, 0.4) is 0 Å². The van der Waals surface area contributed by atoms with Crippen LogP contribution < -0.4 is 5.32 Å². The fourth-order valence-corrected chi connectivity index (χ4v) is 1.79. The predicted octanol–water partition coefficient (Wildman–Crippen LogP) is 2.05. The maximum atomic E-state index is 8.84. The summed E-state index contributed by atoms with van der Waals surface area (Å²) >= 11 is 0. The summed E-state index contributed by atoms with van der Waals surface area (Å²) in [5, 5.41) is 16.4. The summed E-state index contributed by atoms with van der Waals surface area (Å²) in [6.45, 7) is 3.95. The van der Waals surface area contributed by atoms with Gasteiger partial charge in [-0.2, -0.15) is 5.10 Å². The third-order valence-corrected chi connectivity index (χ3v) is 2.86. The zero-order valence-electron chi connectivity index (χ0n) is 10.6. The summed E-state index contributed by atoms with van der Waals surface area (Å²) in [6, 6.07) is 8.15. The molecule has 0 fully saturated rings. The van der Waals surface area contributed by atoms with Gasteiger partial charge in [-0.3, -0.25) is 4.68 Å². The fraction of sp³-hybridized carbons (Fsp3) is 0.357. The van der Waals surface area contributed by atoms with Crippen LogP contribution in [0.1, 0.15) is 18.1 Å². The molecule has 18 heavy (non-hydrogen) atoms. The van der Waals surface area contributed by atoms with Gasteiger partial charge in [0.2, 0.25) is 0 Å². The Morgan fingerprint density at radius 1 is 1.22 bits per heavy atom. The summed E-state index contributed by atoms with van der Waals surface area (Å²) in [4.78, 5) is 0. The molecule has 0 aliphatic rings. The first kappa shape index (κ1) is 12.6. The number of nitrogens with zero attached hydrogens (tertiary/aromatic N) is 2. The Labute approximate surface area is 107 Å². The number of aromatic nitrogens is 2. The number of hydrogen-bond acceptors (Lipinski definition) is 3. The summed E-state index contributed by atoms with van der Waals surface area (Å²) in [5.74, 6) is 0. The minimum absolute atomic E-state index is 0.197. The van der Waals surface area contributed by atoms with E-state index in [1.807, 2.05) is 41.3 Å². The highest BCUT2D eigenvalue weighted by molar-refractivity contribution is 5.45. The number of aliphatic hydroxyl groups excluding tert-OH is 1. The largest absolute Gasteiger partial charge is 0.396 e. The summed E-state index contributed by atoms with van der Waals surface area (Å²) in [7, 11) is 0. The highest BCUT2D eigenvalue weighted by atomic mass is 16.2. The molecule has 2 rings (SSSR count). The van der Waals surface area contributed by atoms with Crippen LogP contribution in [-0.2, 0) is 19.5 Å². The molecule has 0 unspecified atom stereocenters. The molecule has 0 atom stereocenters. The van der Waals surface area contributed by atoms with Gasteiger partial charge in [0.1, 0.15) is 0 Å². The molecule has 0 radical (unpaired) electrons. The number of aryl methyl sites for hydroxylation is 1. The van der Waals surface area contributed by atoms with Gasteiger partial charge in [-0.25, -0.2) is 0 Å². The molecule has 0 spiro atoms. The van der Waals surface area contributed by atoms with Crippen LogP contribution in [0.4, 0.5) is 5.69 Å². The van der Waals surface area contributed by atoms with Crippen molar-refractivity contribution in [1.29, 1.82) is 0 Å². The number of anilines is 1. The molecule has 0 aliphatic carbocycles. The van der Waals surface area contributed by atoms with E-state index >= 15 is 0 Å². The quantitative estimate of drug-likeness (QED) is 0.819. The molecule has 96 valence electrons. The first-order valence-electron chi connectivity index (χ1n) is 6.27. The van der Waals surface area contributed by atoms with Gasteiger partial charge >= 0.3 is 0 Å². The molecule has 2 N–H and O–H groups in total. The van der Waals surface area contributed by atoms with Crippen molar-refractivity contribution in [3.63, 3.8) is 0 Å². The van der Waals surface area contributed by atoms with Crippen molar-refractivity contribution in [2.24, 2.45) is 0 Å². The zero-order chi connectivity index (χ0) is 12.8. The molecule has 0 saturated carbocycles. The van der Waals surface area contributed by atoms with E-state index in [0.717, 1.165) is 24.3 Å². The Kier molecular flexibility index (Phi) is 4.36. The Morgan fingerprint density at radius 3 is 2.61 bits per heavy atom. The molecule has 1 aromatic heterocycles. The molecule has 4 heteroatoms. The van der Waals surface area contributed by atoms with E-state index in [4.69, 9.17) is 5.11 Å². The molecule has 0 amide bonds. The van der Waals surface area contributed by atoms with Crippen LogP contribution >= 0.6 is 0 Å². The van der Waals surface area contributed by atoms with Crippen LogP contribution in [0.5, 0.6) is 0 Å². The Balaban J connectivity index is 1.89. The van der Waals surface area contributed by atoms with Crippen molar-refractivity contribution in [2.75, 3.05) is 11.9 Å². The lowest BCUT2D eigenvalue weighted by molar-refractivity contribution is 0.299. The molecule has 4 nitrogen and oxygen atoms in total. The fourth-order valence-electron chi connectivity index (χ4n) is 1.79. The minimum Gasteiger partial charge on any atom is -0.396 e. The van der Waals surface area contributed by atoms with Crippen LogP contribution in [0.2, 0.25) is 0 Å². The second kappa shape index (κ2) is 6.21. The average molecular weight is 245 g/mol. The van der Waals surface area contributed by atoms with Gasteiger partial charge in [0.15, 0.2) is 0 Å². The van der Waals surface area contributed by atoms with Gasteiger partial charge in [-0.05, 0) is 31.0 Å². The number of benzene rings is 1. The summed E-state index contributed by atoms with van der Waals surface area (Å²) in [5.41, 5.74) is 3.42. The minimum atomic E-state index is 0.197. The second-order valence-corrected chi connectivity index (χ2v) is 4.23. The third-order valence-electron chi connectivity index (χ3n) is 2.86. The van der Waals surface area contributed by atoms with E-state index in [2.05, 4.69) is 17.3 Å². The van der Waals surface area contributed by atoms with Gasteiger partial charge in [-0.15, -0.1) is 0 Å².